The van der Waals surface area contributed by atoms with Crippen LogP contribution in [0.25, 0.3) is 0 Å². The molecule has 0 heterocycles. The zero-order valence-electron chi connectivity index (χ0n) is 25.0. The lowest BCUT2D eigenvalue weighted by atomic mass is 9.86. The second kappa shape index (κ2) is 18.7. The number of nitrogens with two attached hydrogens (primary N) is 1. The molecule has 12 heteroatoms. The molecule has 0 spiro atoms. The number of methoxy groups -OCH3 is 1. The number of rotatable bonds is 17. The highest BCUT2D eigenvalue weighted by Gasteiger charge is 2.38. The lowest BCUT2D eigenvalue weighted by Gasteiger charge is -2.29. The molecule has 1 rings (SSSR count). The van der Waals surface area contributed by atoms with Crippen molar-refractivity contribution in [3.05, 3.63) is 23.8 Å². The quantitative estimate of drug-likeness (QED) is 0.103. The zero-order valence-corrected chi connectivity index (χ0v) is 25.0. The lowest BCUT2D eigenvalue weighted by Crippen LogP contribution is -2.53. The maximum atomic E-state index is 12.8. The van der Waals surface area contributed by atoms with Gasteiger partial charge in [-0.1, -0.05) is 53.0 Å². The molecule has 3 atom stereocenters. The van der Waals surface area contributed by atoms with Crippen molar-refractivity contribution in [2.45, 2.75) is 91.2 Å². The minimum atomic E-state index is -1.63. The van der Waals surface area contributed by atoms with Gasteiger partial charge in [0.25, 0.3) is 0 Å². The summed E-state index contributed by atoms with van der Waals surface area (Å²) in [6.07, 6.45) is -0.0602. The van der Waals surface area contributed by atoms with E-state index in [1.807, 2.05) is 27.7 Å². The second-order valence-corrected chi connectivity index (χ2v) is 9.92. The van der Waals surface area contributed by atoms with Crippen LogP contribution >= 0.6 is 0 Å². The van der Waals surface area contributed by atoms with Crippen molar-refractivity contribution >= 4 is 24.4 Å². The van der Waals surface area contributed by atoms with Crippen molar-refractivity contribution in [3.8, 4) is 11.5 Å². The first-order valence-electron chi connectivity index (χ1n) is 14.0. The van der Waals surface area contributed by atoms with E-state index in [9.17, 15) is 19.2 Å². The Kier molecular flexibility index (Phi) is 16.2. The largest absolute Gasteiger partial charge is 0.513 e. The summed E-state index contributed by atoms with van der Waals surface area (Å²) in [5, 5.41) is 0. The monoisotopic (exact) mass is 583 g/mol. The first kappa shape index (κ1) is 35.5. The van der Waals surface area contributed by atoms with Gasteiger partial charge in [-0.15, -0.1) is 0 Å². The Bertz CT molecular complexity index is 984. The number of carbonyl (C=O) groups excluding carboxylic acids is 4. The Balaban J connectivity index is 3.13. The molecule has 2 N–H and O–H groups in total. The van der Waals surface area contributed by atoms with E-state index in [0.717, 1.165) is 19.3 Å². The topological polar surface area (TPSA) is 159 Å². The fourth-order valence-corrected chi connectivity index (χ4v) is 3.54. The number of benzene rings is 1. The average molecular weight is 584 g/mol. The van der Waals surface area contributed by atoms with E-state index in [-0.39, 0.29) is 50.1 Å². The van der Waals surface area contributed by atoms with E-state index in [1.54, 1.807) is 13.0 Å². The van der Waals surface area contributed by atoms with Crippen LogP contribution in [0.2, 0.25) is 0 Å². The SMILES string of the molecule is CCCCOC(=O)Oc1ccc(CC(N)(C[C@H](C)OC(=O)OCC(C)CC)C(=O)OC)cc1OC(=O)OCCCC. The zero-order chi connectivity index (χ0) is 30.8. The third-order valence-corrected chi connectivity index (χ3v) is 6.07. The molecule has 0 saturated carbocycles. The molecule has 0 saturated heterocycles. The standard InChI is InChI=1S/C29H45NO11/c1-7-10-14-36-26(32)40-23-13-12-22(16-24(23)41-27(33)37-15-11-8-2)18-29(30,25(31)35-6)17-21(5)39-28(34)38-19-20(4)9-3/h12-13,16,20-21H,7-11,14-15,17-19,30H2,1-6H3/t20?,21-,29?/m0/s1. The third kappa shape index (κ3) is 13.6. The summed E-state index contributed by atoms with van der Waals surface area (Å²) in [6.45, 7) is 9.91. The van der Waals surface area contributed by atoms with E-state index < -0.39 is 36.1 Å². The maximum absolute atomic E-state index is 12.8. The van der Waals surface area contributed by atoms with Crippen LogP contribution in [0.1, 0.15) is 78.7 Å². The van der Waals surface area contributed by atoms with Gasteiger partial charge in [-0.3, -0.25) is 4.79 Å². The number of ether oxygens (including phenoxy) is 7. The summed E-state index contributed by atoms with van der Waals surface area (Å²) in [6, 6.07) is 4.32. The van der Waals surface area contributed by atoms with Gasteiger partial charge in [0, 0.05) is 12.8 Å². The van der Waals surface area contributed by atoms with Crippen LogP contribution in [0.3, 0.4) is 0 Å². The molecule has 2 unspecified atom stereocenters. The fourth-order valence-electron chi connectivity index (χ4n) is 3.54. The first-order chi connectivity index (χ1) is 19.5. The van der Waals surface area contributed by atoms with Crippen LogP contribution in [0.4, 0.5) is 14.4 Å². The van der Waals surface area contributed by atoms with Gasteiger partial charge >= 0.3 is 24.4 Å². The molecule has 1 aromatic rings. The molecule has 12 nitrogen and oxygen atoms in total. The molecule has 41 heavy (non-hydrogen) atoms. The van der Waals surface area contributed by atoms with Crippen molar-refractivity contribution in [1.29, 1.82) is 0 Å². The molecule has 0 aliphatic rings. The molecule has 0 aliphatic heterocycles. The van der Waals surface area contributed by atoms with Gasteiger partial charge in [0.1, 0.15) is 11.6 Å². The predicted octanol–water partition coefficient (Wildman–Crippen LogP) is 5.71. The summed E-state index contributed by atoms with van der Waals surface area (Å²) < 4.78 is 36.0. The van der Waals surface area contributed by atoms with Gasteiger partial charge in [-0.2, -0.15) is 0 Å². The van der Waals surface area contributed by atoms with Crippen LogP contribution in [0.5, 0.6) is 11.5 Å². The summed E-state index contributed by atoms with van der Waals surface area (Å²) in [7, 11) is 1.19. The van der Waals surface area contributed by atoms with E-state index in [2.05, 4.69) is 0 Å². The Morgan fingerprint density at radius 2 is 1.44 bits per heavy atom. The number of hydrogen-bond donors (Lipinski definition) is 1. The molecule has 0 bridgehead atoms. The van der Waals surface area contributed by atoms with Gasteiger partial charge in [0.15, 0.2) is 11.5 Å². The van der Waals surface area contributed by atoms with Gasteiger partial charge in [-0.05, 0) is 43.4 Å². The van der Waals surface area contributed by atoms with E-state index >= 15 is 0 Å². The summed E-state index contributed by atoms with van der Waals surface area (Å²) in [5.41, 5.74) is 5.28. The predicted molar refractivity (Wildman–Crippen MR) is 149 cm³/mol. The molecule has 0 aliphatic carbocycles. The Morgan fingerprint density at radius 3 is 1.98 bits per heavy atom. The Hall–Kier alpha value is -3.54. The minimum Gasteiger partial charge on any atom is -0.468 e. The summed E-state index contributed by atoms with van der Waals surface area (Å²) in [5.74, 6) is -0.806. The van der Waals surface area contributed by atoms with Gasteiger partial charge in [0.05, 0.1) is 26.9 Å². The van der Waals surface area contributed by atoms with Crippen molar-refractivity contribution in [2.24, 2.45) is 11.7 Å². The fraction of sp³-hybridized carbons (Fsp3) is 0.655. The Morgan fingerprint density at radius 1 is 0.854 bits per heavy atom. The van der Waals surface area contributed by atoms with E-state index in [4.69, 9.17) is 38.9 Å². The van der Waals surface area contributed by atoms with Crippen LogP contribution in [0.15, 0.2) is 18.2 Å². The minimum absolute atomic E-state index is 0.0934. The number of hydrogen-bond acceptors (Lipinski definition) is 12. The molecule has 0 amide bonds. The van der Waals surface area contributed by atoms with Crippen molar-refractivity contribution in [2.75, 3.05) is 26.9 Å². The highest BCUT2D eigenvalue weighted by Crippen LogP contribution is 2.31. The maximum Gasteiger partial charge on any atom is 0.513 e. The molecule has 0 fully saturated rings. The lowest BCUT2D eigenvalue weighted by molar-refractivity contribution is -0.148. The average Bonchev–Trinajstić information content (AvgIpc) is 2.92. The molecular weight excluding hydrogens is 538 g/mol. The third-order valence-electron chi connectivity index (χ3n) is 6.07. The van der Waals surface area contributed by atoms with Gasteiger partial charge in [-0.25, -0.2) is 14.4 Å². The summed E-state index contributed by atoms with van der Waals surface area (Å²) >= 11 is 0. The van der Waals surface area contributed by atoms with E-state index in [0.29, 0.717) is 18.4 Å². The normalized spacial score (nSPS) is 13.6. The highest BCUT2D eigenvalue weighted by atomic mass is 16.7. The van der Waals surface area contributed by atoms with E-state index in [1.165, 1.54) is 19.2 Å². The second-order valence-electron chi connectivity index (χ2n) is 9.92. The smallest absolute Gasteiger partial charge is 0.468 e. The van der Waals surface area contributed by atoms with Gasteiger partial charge in [0.2, 0.25) is 0 Å². The molecule has 1 aromatic carbocycles. The van der Waals surface area contributed by atoms with Crippen LogP contribution < -0.4 is 15.2 Å². The number of esters is 1. The van der Waals surface area contributed by atoms with Crippen molar-refractivity contribution in [1.82, 2.24) is 0 Å². The number of carbonyl (C=O) groups is 4. The van der Waals surface area contributed by atoms with Crippen LogP contribution in [-0.4, -0.2) is 63.0 Å². The van der Waals surface area contributed by atoms with Crippen LogP contribution in [-0.2, 0) is 34.9 Å². The summed E-state index contributed by atoms with van der Waals surface area (Å²) in [4.78, 5) is 49.3. The molecule has 232 valence electrons. The van der Waals surface area contributed by atoms with Gasteiger partial charge < -0.3 is 38.9 Å². The molecular formula is C29H45NO11. The van der Waals surface area contributed by atoms with Crippen molar-refractivity contribution < 1.29 is 52.3 Å². The first-order valence-corrected chi connectivity index (χ1v) is 14.0. The highest BCUT2D eigenvalue weighted by molar-refractivity contribution is 5.81. The van der Waals surface area contributed by atoms with Crippen LogP contribution in [0, 0.1) is 5.92 Å². The Labute approximate surface area is 242 Å². The number of unbranched alkanes of at least 4 members (excludes halogenated alkanes) is 2. The molecule has 0 aromatic heterocycles. The molecule has 0 radical (unpaired) electrons. The van der Waals surface area contributed by atoms with Crippen molar-refractivity contribution in [3.63, 3.8) is 0 Å².